The summed E-state index contributed by atoms with van der Waals surface area (Å²) in [4.78, 5) is 0. The van der Waals surface area contributed by atoms with Crippen molar-refractivity contribution in [2.45, 2.75) is 38.6 Å². The van der Waals surface area contributed by atoms with E-state index in [4.69, 9.17) is 5.26 Å². The van der Waals surface area contributed by atoms with Gasteiger partial charge in [-0.3, -0.25) is 4.72 Å². The van der Waals surface area contributed by atoms with Gasteiger partial charge in [-0.15, -0.1) is 0 Å². The molecule has 1 aromatic heterocycles. The Morgan fingerprint density at radius 2 is 1.83 bits per heavy atom. The molecule has 1 heterocycles. The van der Waals surface area contributed by atoms with Gasteiger partial charge in [0.05, 0.1) is 29.1 Å². The summed E-state index contributed by atoms with van der Waals surface area (Å²) in [5, 5.41) is 10.2. The first kappa shape index (κ1) is 19.5. The predicted molar refractivity (Wildman–Crippen MR) is 117 cm³/mol. The number of aromatic nitrogens is 1. The van der Waals surface area contributed by atoms with E-state index in [1.54, 1.807) is 0 Å². The van der Waals surface area contributed by atoms with Crippen molar-refractivity contribution in [3.63, 3.8) is 0 Å². The Morgan fingerprint density at radius 3 is 2.48 bits per heavy atom. The van der Waals surface area contributed by atoms with E-state index in [2.05, 4.69) is 21.6 Å². The quantitative estimate of drug-likeness (QED) is 0.637. The summed E-state index contributed by atoms with van der Waals surface area (Å²) < 4.78 is 28.2. The summed E-state index contributed by atoms with van der Waals surface area (Å²) >= 11 is 0. The third-order valence-electron chi connectivity index (χ3n) is 5.69. The topological polar surface area (TPSA) is 74.9 Å². The van der Waals surface area contributed by atoms with Crippen LogP contribution in [0, 0.1) is 17.2 Å². The van der Waals surface area contributed by atoms with Crippen molar-refractivity contribution in [1.82, 2.24) is 4.57 Å². The highest BCUT2D eigenvalue weighted by atomic mass is 32.2. The molecule has 0 saturated heterocycles. The highest BCUT2D eigenvalue weighted by Crippen LogP contribution is 2.34. The van der Waals surface area contributed by atoms with E-state index in [9.17, 15) is 8.42 Å². The minimum Gasteiger partial charge on any atom is -0.346 e. The minimum atomic E-state index is -3.33. The van der Waals surface area contributed by atoms with Crippen LogP contribution in [0.2, 0.25) is 0 Å². The van der Waals surface area contributed by atoms with E-state index in [-0.39, 0.29) is 0 Å². The number of rotatable bonds is 5. The molecule has 0 unspecified atom stereocenters. The summed E-state index contributed by atoms with van der Waals surface area (Å²) in [6.07, 6.45) is 9.72. The number of nitrogens with zero attached hydrogens (tertiary/aromatic N) is 2. The molecule has 0 atom stereocenters. The van der Waals surface area contributed by atoms with Gasteiger partial charge in [-0.2, -0.15) is 5.26 Å². The Labute approximate surface area is 172 Å². The largest absolute Gasteiger partial charge is 0.346 e. The molecule has 1 fully saturated rings. The van der Waals surface area contributed by atoms with Crippen molar-refractivity contribution in [1.29, 1.82) is 5.26 Å². The molecule has 0 bridgehead atoms. The molecular formula is C23H25N3O2S. The first-order valence-electron chi connectivity index (χ1n) is 10.0. The average Bonchev–Trinajstić information content (AvgIpc) is 3.05. The highest BCUT2D eigenvalue weighted by Gasteiger charge is 2.18. The second-order valence-corrected chi connectivity index (χ2v) is 9.74. The third-order valence-corrected chi connectivity index (χ3v) is 6.30. The van der Waals surface area contributed by atoms with Gasteiger partial charge in [-0.25, -0.2) is 8.42 Å². The van der Waals surface area contributed by atoms with Crippen molar-refractivity contribution in [2.24, 2.45) is 5.92 Å². The first-order chi connectivity index (χ1) is 13.9. The van der Waals surface area contributed by atoms with Crippen molar-refractivity contribution in [3.8, 4) is 17.2 Å². The highest BCUT2D eigenvalue weighted by molar-refractivity contribution is 7.92. The van der Waals surface area contributed by atoms with Crippen molar-refractivity contribution >= 4 is 26.6 Å². The zero-order valence-corrected chi connectivity index (χ0v) is 17.4. The number of nitriles is 1. The molecule has 1 N–H and O–H groups in total. The van der Waals surface area contributed by atoms with E-state index in [0.717, 1.165) is 28.6 Å². The van der Waals surface area contributed by atoms with Crippen molar-refractivity contribution in [2.75, 3.05) is 11.0 Å². The summed E-state index contributed by atoms with van der Waals surface area (Å²) in [6, 6.07) is 15.5. The number of sulfonamides is 1. The fourth-order valence-corrected chi connectivity index (χ4v) is 4.88. The molecule has 0 spiro atoms. The third kappa shape index (κ3) is 4.46. The fourth-order valence-electron chi connectivity index (χ4n) is 4.32. The van der Waals surface area contributed by atoms with Gasteiger partial charge in [0.2, 0.25) is 10.0 Å². The first-order valence-corrected chi connectivity index (χ1v) is 11.9. The number of anilines is 1. The molecule has 0 radical (unpaired) electrons. The maximum absolute atomic E-state index is 11.7. The van der Waals surface area contributed by atoms with Crippen LogP contribution in [0.3, 0.4) is 0 Å². The molecule has 4 rings (SSSR count). The van der Waals surface area contributed by atoms with E-state index < -0.39 is 10.0 Å². The standard InChI is InChI=1S/C23H25N3O2S/c1-29(27,28)25-20-11-12-21-22(19-9-7-17(14-24)8-10-19)16-26(23(21)13-20)15-18-5-3-2-4-6-18/h7-13,16,18,25H,2-6,15H2,1H3. The Kier molecular flexibility index (Phi) is 5.33. The molecule has 6 heteroatoms. The molecule has 1 aliphatic rings. The van der Waals surface area contributed by atoms with Gasteiger partial charge < -0.3 is 4.57 Å². The average molecular weight is 408 g/mol. The summed E-state index contributed by atoms with van der Waals surface area (Å²) in [5.74, 6) is 0.652. The molecular weight excluding hydrogens is 382 g/mol. The van der Waals surface area contributed by atoms with Gasteiger partial charge in [0.25, 0.3) is 0 Å². The zero-order chi connectivity index (χ0) is 20.4. The van der Waals surface area contributed by atoms with Gasteiger partial charge >= 0.3 is 0 Å². The molecule has 3 aromatic rings. The molecule has 150 valence electrons. The van der Waals surface area contributed by atoms with Crippen LogP contribution in [0.25, 0.3) is 22.0 Å². The van der Waals surface area contributed by atoms with Crippen LogP contribution in [0.15, 0.2) is 48.7 Å². The molecule has 2 aromatic carbocycles. The number of hydrogen-bond donors (Lipinski definition) is 1. The van der Waals surface area contributed by atoms with Gasteiger partial charge in [-0.05, 0) is 48.6 Å². The molecule has 0 aliphatic heterocycles. The Balaban J connectivity index is 1.79. The van der Waals surface area contributed by atoms with E-state index in [0.29, 0.717) is 17.2 Å². The van der Waals surface area contributed by atoms with Crippen LogP contribution in [0.4, 0.5) is 5.69 Å². The minimum absolute atomic E-state index is 0.578. The predicted octanol–water partition coefficient (Wildman–Crippen LogP) is 5.13. The summed E-state index contributed by atoms with van der Waals surface area (Å²) in [6.45, 7) is 0.940. The second kappa shape index (κ2) is 7.92. The van der Waals surface area contributed by atoms with E-state index in [1.807, 2.05) is 42.5 Å². The van der Waals surface area contributed by atoms with Gasteiger partial charge in [-0.1, -0.05) is 37.5 Å². The number of benzene rings is 2. The van der Waals surface area contributed by atoms with Crippen LogP contribution in [-0.2, 0) is 16.6 Å². The van der Waals surface area contributed by atoms with E-state index >= 15 is 0 Å². The molecule has 5 nitrogen and oxygen atoms in total. The van der Waals surface area contributed by atoms with Crippen LogP contribution in [-0.4, -0.2) is 19.2 Å². The SMILES string of the molecule is CS(=O)(=O)Nc1ccc2c(-c3ccc(C#N)cc3)cn(CC3CCCCC3)c2c1. The van der Waals surface area contributed by atoms with Crippen molar-refractivity contribution in [3.05, 3.63) is 54.2 Å². The lowest BCUT2D eigenvalue weighted by Crippen LogP contribution is -2.13. The Morgan fingerprint density at radius 1 is 1.10 bits per heavy atom. The van der Waals surface area contributed by atoms with Crippen LogP contribution in [0.1, 0.15) is 37.7 Å². The molecule has 29 heavy (non-hydrogen) atoms. The van der Waals surface area contributed by atoms with Crippen molar-refractivity contribution < 1.29 is 8.42 Å². The van der Waals surface area contributed by atoms with Gasteiger partial charge in [0.1, 0.15) is 0 Å². The smallest absolute Gasteiger partial charge is 0.229 e. The van der Waals surface area contributed by atoms with Crippen LogP contribution in [0.5, 0.6) is 0 Å². The normalized spacial score (nSPS) is 15.3. The second-order valence-electron chi connectivity index (χ2n) is 7.99. The van der Waals surface area contributed by atoms with Crippen LogP contribution >= 0.6 is 0 Å². The Hall–Kier alpha value is -2.78. The molecule has 1 aliphatic carbocycles. The lowest BCUT2D eigenvalue weighted by atomic mass is 9.89. The monoisotopic (exact) mass is 407 g/mol. The van der Waals surface area contributed by atoms with E-state index in [1.165, 1.54) is 38.4 Å². The number of hydrogen-bond acceptors (Lipinski definition) is 3. The maximum atomic E-state index is 11.7. The zero-order valence-electron chi connectivity index (χ0n) is 16.6. The van der Waals surface area contributed by atoms with Crippen LogP contribution < -0.4 is 4.72 Å². The number of nitrogens with one attached hydrogen (secondary N) is 1. The maximum Gasteiger partial charge on any atom is 0.229 e. The molecule has 1 saturated carbocycles. The Bertz CT molecular complexity index is 1170. The lowest BCUT2D eigenvalue weighted by molar-refractivity contribution is 0.323. The number of fused-ring (bicyclic) bond motifs is 1. The lowest BCUT2D eigenvalue weighted by Gasteiger charge is -2.22. The molecule has 0 amide bonds. The van der Waals surface area contributed by atoms with Gasteiger partial charge in [0.15, 0.2) is 0 Å². The summed E-state index contributed by atoms with van der Waals surface area (Å²) in [7, 11) is -3.33. The van der Waals surface area contributed by atoms with Gasteiger partial charge in [0, 0.05) is 23.7 Å². The summed E-state index contributed by atoms with van der Waals surface area (Å²) in [5.41, 5.74) is 4.41. The fraction of sp³-hybridized carbons (Fsp3) is 0.348.